The SMILES string of the molecule is N#Cc1cn(CC(=O)O)cc1-c1cc(C(F)(F)F)cc(S(=O)(=O)NC2CCCCC2)c1. The summed E-state index contributed by atoms with van der Waals surface area (Å²) in [4.78, 5) is 10.4. The van der Waals surface area contributed by atoms with Gasteiger partial charge in [-0.15, -0.1) is 0 Å². The van der Waals surface area contributed by atoms with Crippen LogP contribution < -0.4 is 4.72 Å². The summed E-state index contributed by atoms with van der Waals surface area (Å²) >= 11 is 0. The van der Waals surface area contributed by atoms with E-state index < -0.39 is 39.2 Å². The number of nitrogens with zero attached hydrogens (tertiary/aromatic N) is 2. The molecule has 0 unspecified atom stereocenters. The number of benzene rings is 1. The van der Waals surface area contributed by atoms with Crippen LogP contribution in [0, 0.1) is 11.3 Å². The monoisotopic (exact) mass is 455 g/mol. The van der Waals surface area contributed by atoms with Crippen molar-refractivity contribution in [1.82, 2.24) is 9.29 Å². The molecular weight excluding hydrogens is 435 g/mol. The molecule has 2 N–H and O–H groups in total. The molecule has 3 rings (SSSR count). The molecule has 0 bridgehead atoms. The highest BCUT2D eigenvalue weighted by Gasteiger charge is 2.33. The van der Waals surface area contributed by atoms with E-state index in [0.29, 0.717) is 18.9 Å². The van der Waals surface area contributed by atoms with Gasteiger partial charge < -0.3 is 9.67 Å². The first kappa shape index (κ1) is 22.8. The molecule has 0 spiro atoms. The summed E-state index contributed by atoms with van der Waals surface area (Å²) in [5.74, 6) is -1.20. The van der Waals surface area contributed by atoms with E-state index in [1.165, 1.54) is 12.4 Å². The molecule has 31 heavy (non-hydrogen) atoms. The van der Waals surface area contributed by atoms with Crippen LogP contribution >= 0.6 is 0 Å². The van der Waals surface area contributed by atoms with Gasteiger partial charge in [-0.25, -0.2) is 13.1 Å². The highest BCUT2D eigenvalue weighted by Crippen LogP contribution is 2.36. The van der Waals surface area contributed by atoms with Crippen molar-refractivity contribution in [3.05, 3.63) is 41.7 Å². The van der Waals surface area contributed by atoms with Crippen LogP contribution in [-0.4, -0.2) is 30.1 Å². The maximum atomic E-state index is 13.5. The van der Waals surface area contributed by atoms with Crippen molar-refractivity contribution in [2.24, 2.45) is 0 Å². The molecule has 1 saturated carbocycles. The van der Waals surface area contributed by atoms with Crippen LogP contribution in [0.15, 0.2) is 35.5 Å². The summed E-state index contributed by atoms with van der Waals surface area (Å²) in [5.41, 5.74) is -1.36. The van der Waals surface area contributed by atoms with Gasteiger partial charge in [-0.3, -0.25) is 4.79 Å². The van der Waals surface area contributed by atoms with E-state index in [0.717, 1.165) is 36.0 Å². The highest BCUT2D eigenvalue weighted by atomic mass is 32.2. The summed E-state index contributed by atoms with van der Waals surface area (Å²) in [6, 6.07) is 3.85. The van der Waals surface area contributed by atoms with Gasteiger partial charge in [0.15, 0.2) is 0 Å². The zero-order chi connectivity index (χ0) is 22.8. The Hall–Kier alpha value is -2.84. The minimum atomic E-state index is -4.82. The molecular formula is C20H20F3N3O4S. The number of sulfonamides is 1. The highest BCUT2D eigenvalue weighted by molar-refractivity contribution is 7.89. The van der Waals surface area contributed by atoms with Crippen molar-refractivity contribution in [2.75, 3.05) is 0 Å². The van der Waals surface area contributed by atoms with Crippen LogP contribution in [0.3, 0.4) is 0 Å². The van der Waals surface area contributed by atoms with E-state index >= 15 is 0 Å². The van der Waals surface area contributed by atoms with Crippen molar-refractivity contribution in [3.63, 3.8) is 0 Å². The van der Waals surface area contributed by atoms with E-state index in [1.54, 1.807) is 0 Å². The number of carboxylic acid groups (broad SMARTS) is 1. The molecule has 1 aliphatic rings. The van der Waals surface area contributed by atoms with Gasteiger partial charge in [-0.1, -0.05) is 19.3 Å². The van der Waals surface area contributed by atoms with Crippen molar-refractivity contribution in [1.29, 1.82) is 5.26 Å². The normalized spacial score (nSPS) is 15.5. The minimum absolute atomic E-state index is 0.0176. The average Bonchev–Trinajstić information content (AvgIpc) is 3.09. The second-order valence-electron chi connectivity index (χ2n) is 7.46. The molecule has 1 heterocycles. The number of nitrogens with one attached hydrogen (secondary N) is 1. The van der Waals surface area contributed by atoms with Crippen molar-refractivity contribution < 1.29 is 31.5 Å². The van der Waals surface area contributed by atoms with E-state index in [2.05, 4.69) is 4.72 Å². The second kappa shape index (κ2) is 8.72. The number of aliphatic carboxylic acids is 1. The molecule has 0 radical (unpaired) electrons. The van der Waals surface area contributed by atoms with Crippen LogP contribution in [0.2, 0.25) is 0 Å². The van der Waals surface area contributed by atoms with E-state index in [-0.39, 0.29) is 22.7 Å². The first-order valence-corrected chi connectivity index (χ1v) is 11.0. The largest absolute Gasteiger partial charge is 0.480 e. The molecule has 2 aromatic rings. The fraction of sp³-hybridized carbons (Fsp3) is 0.400. The van der Waals surface area contributed by atoms with Gasteiger partial charge in [0.1, 0.15) is 12.6 Å². The molecule has 0 atom stereocenters. The molecule has 1 fully saturated rings. The van der Waals surface area contributed by atoms with Gasteiger partial charge >= 0.3 is 12.1 Å². The molecule has 0 saturated heterocycles. The summed E-state index contributed by atoms with van der Waals surface area (Å²) in [6.07, 6.45) is 1.47. The number of nitriles is 1. The fourth-order valence-corrected chi connectivity index (χ4v) is 5.03. The van der Waals surface area contributed by atoms with E-state index in [4.69, 9.17) is 5.11 Å². The van der Waals surface area contributed by atoms with Gasteiger partial charge in [0.05, 0.1) is 16.0 Å². The van der Waals surface area contributed by atoms with E-state index in [1.807, 2.05) is 6.07 Å². The predicted molar refractivity (Wildman–Crippen MR) is 104 cm³/mol. The van der Waals surface area contributed by atoms with Gasteiger partial charge in [-0.05, 0) is 36.6 Å². The van der Waals surface area contributed by atoms with Crippen LogP contribution in [0.4, 0.5) is 13.2 Å². The van der Waals surface area contributed by atoms with Gasteiger partial charge in [0, 0.05) is 24.0 Å². The summed E-state index contributed by atoms with van der Waals surface area (Å²) in [7, 11) is -4.24. The van der Waals surface area contributed by atoms with Gasteiger partial charge in [-0.2, -0.15) is 18.4 Å². The van der Waals surface area contributed by atoms with Gasteiger partial charge in [0.2, 0.25) is 10.0 Å². The minimum Gasteiger partial charge on any atom is -0.480 e. The Balaban J connectivity index is 2.09. The van der Waals surface area contributed by atoms with Crippen molar-refractivity contribution >= 4 is 16.0 Å². The molecule has 11 heteroatoms. The predicted octanol–water partition coefficient (Wildman–Crippen LogP) is 3.74. The molecule has 166 valence electrons. The fourth-order valence-electron chi connectivity index (χ4n) is 3.66. The van der Waals surface area contributed by atoms with Crippen LogP contribution in [0.5, 0.6) is 0 Å². The van der Waals surface area contributed by atoms with Crippen molar-refractivity contribution in [3.8, 4) is 17.2 Å². The third-order valence-corrected chi connectivity index (χ3v) is 6.60. The number of alkyl halides is 3. The molecule has 0 aliphatic heterocycles. The molecule has 0 amide bonds. The Kier molecular flexibility index (Phi) is 6.43. The third-order valence-electron chi connectivity index (χ3n) is 5.10. The Morgan fingerprint density at radius 3 is 2.45 bits per heavy atom. The zero-order valence-corrected chi connectivity index (χ0v) is 17.1. The zero-order valence-electron chi connectivity index (χ0n) is 16.3. The smallest absolute Gasteiger partial charge is 0.416 e. The van der Waals surface area contributed by atoms with E-state index in [9.17, 15) is 31.6 Å². The number of aromatic nitrogens is 1. The number of carboxylic acids is 1. The summed E-state index contributed by atoms with van der Waals surface area (Å²) in [5, 5.41) is 18.3. The number of hydrogen-bond donors (Lipinski definition) is 2. The van der Waals surface area contributed by atoms with Crippen LogP contribution in [-0.2, 0) is 27.5 Å². The number of hydrogen-bond acceptors (Lipinski definition) is 4. The first-order chi connectivity index (χ1) is 14.5. The number of halogens is 3. The quantitative estimate of drug-likeness (QED) is 0.689. The lowest BCUT2D eigenvalue weighted by Crippen LogP contribution is -2.36. The number of rotatable bonds is 6. The first-order valence-electron chi connectivity index (χ1n) is 9.56. The lowest BCUT2D eigenvalue weighted by Gasteiger charge is -2.23. The summed E-state index contributed by atoms with van der Waals surface area (Å²) < 4.78 is 69.8. The van der Waals surface area contributed by atoms with Crippen molar-refractivity contribution in [2.45, 2.75) is 55.8 Å². The van der Waals surface area contributed by atoms with Gasteiger partial charge in [0.25, 0.3) is 0 Å². The third kappa shape index (κ3) is 5.45. The molecule has 1 aromatic carbocycles. The van der Waals surface area contributed by atoms with Crippen LogP contribution in [0.1, 0.15) is 43.2 Å². The standard InChI is InChI=1S/C20H20F3N3O4S/c21-20(22,23)15-6-13(18-11-26(12-19(27)28)10-14(18)9-24)7-17(8-15)31(29,30)25-16-4-2-1-3-5-16/h6-8,10-11,16,25H,1-5,12H2,(H,27,28). The Morgan fingerprint density at radius 2 is 1.87 bits per heavy atom. The van der Waals surface area contributed by atoms with Crippen LogP contribution in [0.25, 0.3) is 11.1 Å². The maximum Gasteiger partial charge on any atom is 0.416 e. The average molecular weight is 455 g/mol. The molecule has 7 nitrogen and oxygen atoms in total. The number of carbonyl (C=O) groups is 1. The topological polar surface area (TPSA) is 112 Å². The lowest BCUT2D eigenvalue weighted by molar-refractivity contribution is -0.138. The second-order valence-corrected chi connectivity index (χ2v) is 9.18. The summed E-state index contributed by atoms with van der Waals surface area (Å²) in [6.45, 7) is -0.498. The Labute approximate surface area is 177 Å². The Bertz CT molecular complexity index is 1130. The lowest BCUT2D eigenvalue weighted by atomic mass is 9.96. The maximum absolute atomic E-state index is 13.5. The molecule has 1 aromatic heterocycles. The Morgan fingerprint density at radius 1 is 1.19 bits per heavy atom. The molecule has 1 aliphatic carbocycles.